The van der Waals surface area contributed by atoms with Gasteiger partial charge in [0.05, 0.1) is 33.0 Å². The average Bonchev–Trinajstić information content (AvgIpc) is 2.61. The first-order valence-electron chi connectivity index (χ1n) is 8.12. The number of nitrogens with one attached hydrogen (secondary N) is 1. The maximum absolute atomic E-state index is 12.7. The normalized spacial score (nSPS) is 11.0. The summed E-state index contributed by atoms with van der Waals surface area (Å²) in [5.74, 6) is 0.679. The molecule has 2 rings (SSSR count). The van der Waals surface area contributed by atoms with Crippen LogP contribution in [-0.2, 0) is 11.3 Å². The third-order valence-corrected chi connectivity index (χ3v) is 3.68. The number of hydrogen-bond donors (Lipinski definition) is 1. The summed E-state index contributed by atoms with van der Waals surface area (Å²) in [5.41, 5.74) is 0.928. The number of ether oxygens (including phenoxy) is 3. The molecule has 0 bridgehead atoms. The van der Waals surface area contributed by atoms with Crippen LogP contribution in [0.5, 0.6) is 11.5 Å². The molecule has 0 atom stereocenters. The number of rotatable bonds is 8. The largest absolute Gasteiger partial charge is 0.496 e. The van der Waals surface area contributed by atoms with Gasteiger partial charge >= 0.3 is 0 Å². The topological polar surface area (TPSA) is 56.8 Å². The number of amides is 1. The van der Waals surface area contributed by atoms with Crippen LogP contribution in [0.3, 0.4) is 0 Å². The van der Waals surface area contributed by atoms with Gasteiger partial charge in [-0.2, -0.15) is 0 Å². The second-order valence-corrected chi connectivity index (χ2v) is 6.35. The molecule has 0 aliphatic carbocycles. The molecule has 0 aliphatic rings. The first-order valence-corrected chi connectivity index (χ1v) is 8.12. The van der Waals surface area contributed by atoms with Gasteiger partial charge in [0.2, 0.25) is 0 Å². The third-order valence-electron chi connectivity index (χ3n) is 3.68. The van der Waals surface area contributed by atoms with Gasteiger partial charge in [0.25, 0.3) is 5.91 Å². The predicted octanol–water partition coefficient (Wildman–Crippen LogP) is 3.43. The molecule has 2 aromatic carbocycles. The van der Waals surface area contributed by atoms with Crippen molar-refractivity contribution in [2.75, 3.05) is 20.8 Å². The summed E-state index contributed by atoms with van der Waals surface area (Å²) < 4.78 is 16.3. The first kappa shape index (κ1) is 18.8. The number of carbonyl (C=O) groups excluding carboxylic acids is 1. The Labute approximate surface area is 148 Å². The summed E-state index contributed by atoms with van der Waals surface area (Å²) in [5, 5.41) is 2.98. The van der Waals surface area contributed by atoms with Crippen molar-refractivity contribution in [3.63, 3.8) is 0 Å². The molecular formula is C20H25NO4. The van der Waals surface area contributed by atoms with Crippen LogP contribution in [0, 0.1) is 0 Å². The minimum Gasteiger partial charge on any atom is -0.496 e. The highest BCUT2D eigenvalue weighted by Crippen LogP contribution is 2.28. The molecule has 0 heterocycles. The molecule has 1 N–H and O–H groups in total. The summed E-state index contributed by atoms with van der Waals surface area (Å²) in [7, 11) is 3.05. The van der Waals surface area contributed by atoms with Crippen molar-refractivity contribution in [2.24, 2.45) is 0 Å². The fourth-order valence-corrected chi connectivity index (χ4v) is 2.48. The Kier molecular flexibility index (Phi) is 6.42. The molecular weight excluding hydrogens is 318 g/mol. The van der Waals surface area contributed by atoms with E-state index in [0.717, 1.165) is 5.56 Å². The highest BCUT2D eigenvalue weighted by molar-refractivity contribution is 6.00. The van der Waals surface area contributed by atoms with Crippen molar-refractivity contribution in [3.05, 3.63) is 59.7 Å². The Morgan fingerprint density at radius 3 is 2.12 bits per heavy atom. The van der Waals surface area contributed by atoms with Crippen molar-refractivity contribution >= 4 is 5.91 Å². The Bertz CT molecular complexity index is 676. The van der Waals surface area contributed by atoms with Gasteiger partial charge in [0.15, 0.2) is 0 Å². The van der Waals surface area contributed by atoms with E-state index in [1.807, 2.05) is 44.2 Å². The van der Waals surface area contributed by atoms with E-state index < -0.39 is 5.54 Å². The lowest BCUT2D eigenvalue weighted by Gasteiger charge is -2.27. The standard InChI is InChI=1S/C20H25NO4/c1-20(2,14-25-13-15-9-6-5-7-10-15)21-19(22)18-16(23-3)11-8-12-17(18)24-4/h5-12H,13-14H2,1-4H3,(H,21,22). The molecule has 0 saturated heterocycles. The highest BCUT2D eigenvalue weighted by atomic mass is 16.5. The third kappa shape index (κ3) is 5.22. The quantitative estimate of drug-likeness (QED) is 0.798. The molecule has 134 valence electrons. The maximum Gasteiger partial charge on any atom is 0.259 e. The Morgan fingerprint density at radius 2 is 1.56 bits per heavy atom. The van der Waals surface area contributed by atoms with Crippen LogP contribution in [-0.4, -0.2) is 32.3 Å². The lowest BCUT2D eigenvalue weighted by Crippen LogP contribution is -2.47. The molecule has 0 aromatic heterocycles. The van der Waals surface area contributed by atoms with Crippen LogP contribution in [0.2, 0.25) is 0 Å². The van der Waals surface area contributed by atoms with E-state index in [9.17, 15) is 4.79 Å². The van der Waals surface area contributed by atoms with Gasteiger partial charge in [-0.25, -0.2) is 0 Å². The molecule has 5 nitrogen and oxygen atoms in total. The van der Waals surface area contributed by atoms with E-state index in [0.29, 0.717) is 30.3 Å². The van der Waals surface area contributed by atoms with Crippen LogP contribution < -0.4 is 14.8 Å². The lowest BCUT2D eigenvalue weighted by atomic mass is 10.0. The fraction of sp³-hybridized carbons (Fsp3) is 0.350. The molecule has 1 amide bonds. The molecule has 2 aromatic rings. The summed E-state index contributed by atoms with van der Waals surface area (Å²) in [6, 6.07) is 15.2. The highest BCUT2D eigenvalue weighted by Gasteiger charge is 2.25. The van der Waals surface area contributed by atoms with E-state index >= 15 is 0 Å². The van der Waals surface area contributed by atoms with Gasteiger partial charge in [-0.3, -0.25) is 4.79 Å². The Hall–Kier alpha value is -2.53. The van der Waals surface area contributed by atoms with Crippen LogP contribution >= 0.6 is 0 Å². The smallest absolute Gasteiger partial charge is 0.259 e. The Morgan fingerprint density at radius 1 is 0.960 bits per heavy atom. The minimum atomic E-state index is -0.544. The lowest BCUT2D eigenvalue weighted by molar-refractivity contribution is 0.0614. The summed E-state index contributed by atoms with van der Waals surface area (Å²) >= 11 is 0. The number of carbonyl (C=O) groups is 1. The second-order valence-electron chi connectivity index (χ2n) is 6.35. The molecule has 0 spiro atoms. The molecule has 0 aliphatic heterocycles. The molecule has 0 fully saturated rings. The van der Waals surface area contributed by atoms with Gasteiger partial charge in [0, 0.05) is 0 Å². The summed E-state index contributed by atoms with van der Waals surface area (Å²) in [6.07, 6.45) is 0. The van der Waals surface area contributed by atoms with Crippen molar-refractivity contribution in [1.82, 2.24) is 5.32 Å². The minimum absolute atomic E-state index is 0.261. The predicted molar refractivity (Wildman–Crippen MR) is 97.2 cm³/mol. The Balaban J connectivity index is 2.01. The van der Waals surface area contributed by atoms with Crippen LogP contribution in [0.4, 0.5) is 0 Å². The monoisotopic (exact) mass is 343 g/mol. The van der Waals surface area contributed by atoms with Gasteiger partial charge < -0.3 is 19.5 Å². The summed E-state index contributed by atoms with van der Waals surface area (Å²) in [4.78, 5) is 12.7. The zero-order valence-corrected chi connectivity index (χ0v) is 15.2. The fourth-order valence-electron chi connectivity index (χ4n) is 2.48. The second kappa shape index (κ2) is 8.53. The van der Waals surface area contributed by atoms with E-state index in [1.165, 1.54) is 14.2 Å². The van der Waals surface area contributed by atoms with E-state index in [4.69, 9.17) is 14.2 Å². The van der Waals surface area contributed by atoms with Crippen LogP contribution in [0.25, 0.3) is 0 Å². The summed E-state index contributed by atoms with van der Waals surface area (Å²) in [6.45, 7) is 4.71. The molecule has 0 unspecified atom stereocenters. The number of methoxy groups -OCH3 is 2. The van der Waals surface area contributed by atoms with Gasteiger partial charge in [-0.15, -0.1) is 0 Å². The van der Waals surface area contributed by atoms with Crippen molar-refractivity contribution < 1.29 is 19.0 Å². The molecule has 0 saturated carbocycles. The van der Waals surface area contributed by atoms with E-state index in [-0.39, 0.29) is 5.91 Å². The molecule has 25 heavy (non-hydrogen) atoms. The maximum atomic E-state index is 12.7. The molecule has 5 heteroatoms. The number of hydrogen-bond acceptors (Lipinski definition) is 4. The zero-order chi connectivity index (χ0) is 18.3. The number of benzene rings is 2. The van der Waals surface area contributed by atoms with Gasteiger partial charge in [-0.05, 0) is 31.5 Å². The van der Waals surface area contributed by atoms with E-state index in [1.54, 1.807) is 18.2 Å². The van der Waals surface area contributed by atoms with Crippen molar-refractivity contribution in [3.8, 4) is 11.5 Å². The van der Waals surface area contributed by atoms with Gasteiger partial charge in [0.1, 0.15) is 17.1 Å². The van der Waals surface area contributed by atoms with Crippen molar-refractivity contribution in [1.29, 1.82) is 0 Å². The first-order chi connectivity index (χ1) is 12.0. The molecule has 0 radical (unpaired) electrons. The van der Waals surface area contributed by atoms with Crippen LogP contribution in [0.1, 0.15) is 29.8 Å². The van der Waals surface area contributed by atoms with E-state index in [2.05, 4.69) is 5.32 Å². The van der Waals surface area contributed by atoms with Crippen LogP contribution in [0.15, 0.2) is 48.5 Å². The zero-order valence-electron chi connectivity index (χ0n) is 15.2. The van der Waals surface area contributed by atoms with Gasteiger partial charge in [-0.1, -0.05) is 36.4 Å². The average molecular weight is 343 g/mol. The van der Waals surface area contributed by atoms with Crippen molar-refractivity contribution in [2.45, 2.75) is 26.0 Å². The SMILES string of the molecule is COc1cccc(OC)c1C(=O)NC(C)(C)COCc1ccccc1.